The number of amides is 1. The second-order valence-electron chi connectivity index (χ2n) is 3.43. The number of aromatic nitrogens is 1. The summed E-state index contributed by atoms with van der Waals surface area (Å²) in [7, 11) is 0. The van der Waals surface area contributed by atoms with Crippen molar-refractivity contribution in [1.82, 2.24) is 4.98 Å². The quantitative estimate of drug-likeness (QED) is 0.818. The maximum absolute atomic E-state index is 13.3. The number of anilines is 1. The first kappa shape index (κ1) is 12.7. The molecule has 1 aromatic carbocycles. The monoisotopic (exact) mass is 318 g/mol. The Morgan fingerprint density at radius 2 is 1.94 bits per heavy atom. The fourth-order valence-corrected chi connectivity index (χ4v) is 1.68. The third-order valence-corrected chi connectivity index (χ3v) is 2.59. The van der Waals surface area contributed by atoms with Gasteiger partial charge in [0, 0.05) is 22.8 Å². The van der Waals surface area contributed by atoms with Crippen LogP contribution in [0.1, 0.15) is 10.5 Å². The topological polar surface area (TPSA) is 44.9 Å². The van der Waals surface area contributed by atoms with Crippen LogP contribution in [-0.4, -0.2) is 10.9 Å². The average molecular weight is 319 g/mol. The van der Waals surface area contributed by atoms with Gasteiger partial charge in [0.25, 0.3) is 5.91 Å². The smallest absolute Gasteiger partial charge is 0.272 e. The van der Waals surface area contributed by atoms with E-state index in [1.165, 1.54) is 12.3 Å². The van der Waals surface area contributed by atoms with E-state index in [0.717, 1.165) is 0 Å². The highest BCUT2D eigenvalue weighted by molar-refractivity contribution is 9.10. The van der Waals surface area contributed by atoms with Crippen LogP contribution in [0.15, 0.2) is 28.9 Å². The second-order valence-corrected chi connectivity index (χ2v) is 4.35. The van der Waals surface area contributed by atoms with Gasteiger partial charge >= 0.3 is 0 Å². The molecule has 0 atom stereocenters. The minimum absolute atomic E-state index is 0.131. The molecule has 1 heterocycles. The van der Waals surface area contributed by atoms with Gasteiger partial charge in [-0.1, -0.05) is 0 Å². The van der Waals surface area contributed by atoms with E-state index < -0.39 is 29.0 Å². The highest BCUT2D eigenvalue weighted by Gasteiger charge is 2.15. The van der Waals surface area contributed by atoms with Gasteiger partial charge in [-0.2, -0.15) is 0 Å². The normalized spacial score (nSPS) is 10.4. The van der Waals surface area contributed by atoms with Gasteiger partial charge in [-0.25, -0.2) is 13.2 Å². The summed E-state index contributed by atoms with van der Waals surface area (Å²) >= 11 is 3.12. The minimum atomic E-state index is -1.36. The lowest BCUT2D eigenvalue weighted by Crippen LogP contribution is -2.14. The molecule has 0 saturated heterocycles. The van der Waals surface area contributed by atoms with Crippen molar-refractivity contribution in [3.8, 4) is 0 Å². The lowest BCUT2D eigenvalue weighted by Gasteiger charge is -2.06. The van der Waals surface area contributed by atoms with Crippen molar-refractivity contribution >= 4 is 27.5 Å². The molecule has 0 bridgehead atoms. The van der Waals surface area contributed by atoms with Gasteiger partial charge in [-0.05, 0) is 22.0 Å². The number of hydrogen-bond donors (Lipinski definition) is 2. The third kappa shape index (κ3) is 2.56. The van der Waals surface area contributed by atoms with Crippen LogP contribution in [0.5, 0.6) is 0 Å². The van der Waals surface area contributed by atoms with Gasteiger partial charge in [0.15, 0.2) is 11.6 Å². The third-order valence-electron chi connectivity index (χ3n) is 2.13. The Bertz CT molecular complexity index is 612. The molecule has 94 valence electrons. The van der Waals surface area contributed by atoms with Crippen molar-refractivity contribution < 1.29 is 18.0 Å². The van der Waals surface area contributed by atoms with E-state index in [0.29, 0.717) is 16.6 Å². The molecule has 0 aliphatic rings. The molecule has 0 fully saturated rings. The summed E-state index contributed by atoms with van der Waals surface area (Å²) in [6.07, 6.45) is 1.50. The summed E-state index contributed by atoms with van der Waals surface area (Å²) in [5.74, 6) is -4.35. The van der Waals surface area contributed by atoms with Crippen LogP contribution in [0.25, 0.3) is 0 Å². The van der Waals surface area contributed by atoms with Crippen LogP contribution in [0.2, 0.25) is 0 Å². The summed E-state index contributed by atoms with van der Waals surface area (Å²) in [5.41, 5.74) is -0.422. The molecule has 0 unspecified atom stereocenters. The van der Waals surface area contributed by atoms with E-state index in [9.17, 15) is 18.0 Å². The second kappa shape index (κ2) is 4.85. The predicted octanol–water partition coefficient (Wildman–Crippen LogP) is 3.45. The number of rotatable bonds is 2. The Morgan fingerprint density at radius 3 is 2.56 bits per heavy atom. The SMILES string of the molecule is O=C(Nc1cc(F)cc(F)c1F)c1cc(Br)c[nH]1. The molecule has 18 heavy (non-hydrogen) atoms. The zero-order valence-corrected chi connectivity index (χ0v) is 10.3. The number of aromatic amines is 1. The van der Waals surface area contributed by atoms with Gasteiger partial charge in [-0.15, -0.1) is 0 Å². The fourth-order valence-electron chi connectivity index (χ4n) is 1.34. The van der Waals surface area contributed by atoms with Crippen molar-refractivity contribution in [1.29, 1.82) is 0 Å². The predicted molar refractivity (Wildman–Crippen MR) is 62.8 cm³/mol. The number of nitrogens with one attached hydrogen (secondary N) is 2. The number of carbonyl (C=O) groups is 1. The molecule has 0 aliphatic heterocycles. The van der Waals surface area contributed by atoms with Crippen LogP contribution >= 0.6 is 15.9 Å². The Balaban J connectivity index is 2.27. The van der Waals surface area contributed by atoms with Gasteiger partial charge in [0.05, 0.1) is 5.69 Å². The molecule has 1 aromatic heterocycles. The fraction of sp³-hybridized carbons (Fsp3) is 0. The Hall–Kier alpha value is -1.76. The van der Waals surface area contributed by atoms with E-state index in [-0.39, 0.29) is 5.69 Å². The first-order valence-corrected chi connectivity index (χ1v) is 5.56. The van der Waals surface area contributed by atoms with Gasteiger partial charge in [0.2, 0.25) is 0 Å². The summed E-state index contributed by atoms with van der Waals surface area (Å²) in [4.78, 5) is 14.2. The molecule has 1 amide bonds. The molecule has 0 spiro atoms. The van der Waals surface area contributed by atoms with E-state index in [4.69, 9.17) is 0 Å². The summed E-state index contributed by atoms with van der Waals surface area (Å²) in [5, 5.41) is 2.08. The largest absolute Gasteiger partial charge is 0.356 e. The van der Waals surface area contributed by atoms with Crippen molar-refractivity contribution in [3.05, 3.63) is 52.0 Å². The zero-order valence-electron chi connectivity index (χ0n) is 8.73. The Morgan fingerprint density at radius 1 is 1.22 bits per heavy atom. The maximum Gasteiger partial charge on any atom is 0.272 e. The van der Waals surface area contributed by atoms with Gasteiger partial charge < -0.3 is 10.3 Å². The minimum Gasteiger partial charge on any atom is -0.356 e. The Labute approximate surface area is 108 Å². The zero-order chi connectivity index (χ0) is 13.3. The summed E-state index contributed by atoms with van der Waals surface area (Å²) < 4.78 is 39.7. The molecular formula is C11H6BrF3N2O. The standard InChI is InChI=1S/C11H6BrF3N2O/c12-5-1-9(16-4-5)11(18)17-8-3-6(13)2-7(14)10(8)15/h1-4,16H,(H,17,18). The van der Waals surface area contributed by atoms with Gasteiger partial charge in [-0.3, -0.25) is 4.79 Å². The van der Waals surface area contributed by atoms with Crippen molar-refractivity contribution in [2.75, 3.05) is 5.32 Å². The molecule has 2 N–H and O–H groups in total. The molecule has 2 rings (SSSR count). The number of carbonyl (C=O) groups excluding carboxylic acids is 1. The van der Waals surface area contributed by atoms with Crippen LogP contribution in [0.4, 0.5) is 18.9 Å². The number of benzene rings is 1. The molecular weight excluding hydrogens is 313 g/mol. The Kier molecular flexibility index (Phi) is 3.42. The molecule has 2 aromatic rings. The van der Waals surface area contributed by atoms with Crippen LogP contribution in [0.3, 0.4) is 0 Å². The van der Waals surface area contributed by atoms with Crippen molar-refractivity contribution in [2.24, 2.45) is 0 Å². The first-order valence-electron chi connectivity index (χ1n) is 4.77. The molecule has 0 radical (unpaired) electrons. The lowest BCUT2D eigenvalue weighted by molar-refractivity contribution is 0.102. The van der Waals surface area contributed by atoms with E-state index in [1.807, 2.05) is 0 Å². The lowest BCUT2D eigenvalue weighted by atomic mass is 10.2. The van der Waals surface area contributed by atoms with Gasteiger partial charge in [0.1, 0.15) is 11.5 Å². The molecule has 7 heteroatoms. The molecule has 0 aliphatic carbocycles. The van der Waals surface area contributed by atoms with Crippen molar-refractivity contribution in [2.45, 2.75) is 0 Å². The van der Waals surface area contributed by atoms with E-state index >= 15 is 0 Å². The highest BCUT2D eigenvalue weighted by atomic mass is 79.9. The number of H-pyrrole nitrogens is 1. The van der Waals surface area contributed by atoms with Crippen molar-refractivity contribution in [3.63, 3.8) is 0 Å². The molecule has 0 saturated carbocycles. The number of hydrogen-bond acceptors (Lipinski definition) is 1. The van der Waals surface area contributed by atoms with E-state index in [2.05, 4.69) is 26.2 Å². The average Bonchev–Trinajstić information content (AvgIpc) is 2.72. The van der Waals surface area contributed by atoms with Crippen LogP contribution in [0, 0.1) is 17.5 Å². The highest BCUT2D eigenvalue weighted by Crippen LogP contribution is 2.20. The summed E-state index contributed by atoms with van der Waals surface area (Å²) in [6.45, 7) is 0. The van der Waals surface area contributed by atoms with E-state index in [1.54, 1.807) is 0 Å². The van der Waals surface area contributed by atoms with Crippen LogP contribution in [-0.2, 0) is 0 Å². The maximum atomic E-state index is 13.3. The van der Waals surface area contributed by atoms with Crippen LogP contribution < -0.4 is 5.32 Å². The first-order chi connectivity index (χ1) is 8.47. The summed E-state index contributed by atoms with van der Waals surface area (Å²) in [6, 6.07) is 2.55. The molecule has 3 nitrogen and oxygen atoms in total. The number of halogens is 4.